The Morgan fingerprint density at radius 1 is 0.912 bits per heavy atom. The third kappa shape index (κ3) is 4.55. The van der Waals surface area contributed by atoms with E-state index < -0.39 is 0 Å². The minimum Gasteiger partial charge on any atom is -0.353 e. The Morgan fingerprint density at radius 2 is 1.68 bits per heavy atom. The molecule has 1 aliphatic heterocycles. The maximum absolute atomic E-state index is 13.8. The summed E-state index contributed by atoms with van der Waals surface area (Å²) in [4.78, 5) is 21.7. The van der Waals surface area contributed by atoms with E-state index in [1.165, 1.54) is 6.07 Å². The molecule has 1 amide bonds. The second-order valence-corrected chi connectivity index (χ2v) is 8.46. The van der Waals surface area contributed by atoms with Gasteiger partial charge in [0.2, 0.25) is 5.91 Å². The summed E-state index contributed by atoms with van der Waals surface area (Å²) in [5.74, 6) is 0.724. The molecule has 0 N–H and O–H groups in total. The molecule has 1 aliphatic rings. The van der Waals surface area contributed by atoms with Crippen LogP contribution in [-0.2, 0) is 11.3 Å². The molecule has 0 unspecified atom stereocenters. The summed E-state index contributed by atoms with van der Waals surface area (Å²) >= 11 is 0. The Bertz CT molecular complexity index is 1280. The van der Waals surface area contributed by atoms with Gasteiger partial charge in [-0.05, 0) is 54.4 Å². The van der Waals surface area contributed by atoms with Crippen LogP contribution in [0.25, 0.3) is 22.5 Å². The Labute approximate surface area is 198 Å². The van der Waals surface area contributed by atoms with E-state index in [1.807, 2.05) is 59.5 Å². The van der Waals surface area contributed by atoms with E-state index in [4.69, 9.17) is 5.10 Å². The molecule has 0 saturated carbocycles. The number of nitrogens with zero attached hydrogens (tertiary/aromatic N) is 5. The number of halogens is 1. The first-order chi connectivity index (χ1) is 16.6. The third-order valence-corrected chi connectivity index (χ3v) is 6.19. The van der Waals surface area contributed by atoms with Crippen molar-refractivity contribution in [1.82, 2.24) is 19.7 Å². The molecule has 4 aromatic rings. The lowest BCUT2D eigenvalue weighted by Crippen LogP contribution is -2.49. The van der Waals surface area contributed by atoms with Crippen LogP contribution in [-0.4, -0.2) is 51.8 Å². The van der Waals surface area contributed by atoms with Crippen molar-refractivity contribution >= 4 is 11.7 Å². The Kier molecular flexibility index (Phi) is 6.08. The topological polar surface area (TPSA) is 54.3 Å². The zero-order valence-corrected chi connectivity index (χ0v) is 19.1. The van der Waals surface area contributed by atoms with E-state index in [0.29, 0.717) is 18.7 Å². The average Bonchev–Trinajstić information content (AvgIpc) is 3.30. The van der Waals surface area contributed by atoms with E-state index in [0.717, 1.165) is 41.4 Å². The second-order valence-electron chi connectivity index (χ2n) is 8.46. The first-order valence-corrected chi connectivity index (χ1v) is 11.4. The number of pyridine rings is 1. The van der Waals surface area contributed by atoms with Crippen molar-refractivity contribution < 1.29 is 9.18 Å². The van der Waals surface area contributed by atoms with Gasteiger partial charge in [-0.25, -0.2) is 9.37 Å². The molecule has 34 heavy (non-hydrogen) atoms. The molecule has 0 atom stereocenters. The highest BCUT2D eigenvalue weighted by molar-refractivity contribution is 5.78. The van der Waals surface area contributed by atoms with E-state index in [1.54, 1.807) is 29.9 Å². The van der Waals surface area contributed by atoms with Crippen molar-refractivity contribution in [2.24, 2.45) is 0 Å². The van der Waals surface area contributed by atoms with Gasteiger partial charge in [0.25, 0.3) is 0 Å². The first kappa shape index (κ1) is 21.8. The van der Waals surface area contributed by atoms with Gasteiger partial charge in [-0.3, -0.25) is 9.48 Å². The molecule has 172 valence electrons. The minimum absolute atomic E-state index is 0.0304. The normalized spacial score (nSPS) is 13.8. The van der Waals surface area contributed by atoms with Gasteiger partial charge in [-0.1, -0.05) is 36.4 Å². The van der Waals surface area contributed by atoms with Gasteiger partial charge in [-0.2, -0.15) is 5.10 Å². The number of hydrogen-bond acceptors (Lipinski definition) is 4. The van der Waals surface area contributed by atoms with Gasteiger partial charge in [0.1, 0.15) is 18.2 Å². The molecular weight excluding hydrogens is 429 g/mol. The molecule has 2 aromatic carbocycles. The lowest BCUT2D eigenvalue weighted by molar-refractivity contribution is -0.132. The molecular formula is C27H26FN5O. The summed E-state index contributed by atoms with van der Waals surface area (Å²) in [5.41, 5.74) is 3.95. The lowest BCUT2D eigenvalue weighted by atomic mass is 10.1. The maximum atomic E-state index is 13.8. The van der Waals surface area contributed by atoms with E-state index in [9.17, 15) is 9.18 Å². The number of benzene rings is 2. The monoisotopic (exact) mass is 455 g/mol. The largest absolute Gasteiger partial charge is 0.353 e. The number of amides is 1. The van der Waals surface area contributed by atoms with Crippen LogP contribution in [0.4, 0.5) is 10.2 Å². The Balaban J connectivity index is 1.36. The SMILES string of the molecule is Cc1cc(-c2cc(-c3ccccc3)n(CC(=O)N3CCN(c4ccccn4)CC3)n2)ccc1F. The van der Waals surface area contributed by atoms with Crippen LogP contribution in [0.2, 0.25) is 0 Å². The van der Waals surface area contributed by atoms with Gasteiger partial charge in [0.15, 0.2) is 0 Å². The highest BCUT2D eigenvalue weighted by Crippen LogP contribution is 2.27. The number of carbonyl (C=O) groups excluding carboxylic acids is 1. The van der Waals surface area contributed by atoms with Crippen LogP contribution in [0.1, 0.15) is 5.56 Å². The fraction of sp³-hybridized carbons (Fsp3) is 0.222. The molecule has 1 saturated heterocycles. The van der Waals surface area contributed by atoms with Gasteiger partial charge in [0, 0.05) is 37.9 Å². The van der Waals surface area contributed by atoms with Crippen LogP contribution < -0.4 is 4.90 Å². The number of piperazine rings is 1. The highest BCUT2D eigenvalue weighted by Gasteiger charge is 2.23. The van der Waals surface area contributed by atoms with E-state index in [2.05, 4.69) is 9.88 Å². The van der Waals surface area contributed by atoms with E-state index in [-0.39, 0.29) is 18.3 Å². The van der Waals surface area contributed by atoms with Crippen molar-refractivity contribution in [3.8, 4) is 22.5 Å². The lowest BCUT2D eigenvalue weighted by Gasteiger charge is -2.35. The number of anilines is 1. The smallest absolute Gasteiger partial charge is 0.244 e. The van der Waals surface area contributed by atoms with Gasteiger partial charge in [-0.15, -0.1) is 0 Å². The van der Waals surface area contributed by atoms with Crippen LogP contribution in [0.5, 0.6) is 0 Å². The standard InChI is InChI=1S/C27H26FN5O/c1-20-17-22(10-11-23(20)28)24-18-25(21-7-3-2-4-8-21)33(30-24)19-27(34)32-15-13-31(14-16-32)26-9-5-6-12-29-26/h2-12,17-18H,13-16,19H2,1H3. The van der Waals surface area contributed by atoms with E-state index >= 15 is 0 Å². The quantitative estimate of drug-likeness (QED) is 0.447. The molecule has 0 bridgehead atoms. The maximum Gasteiger partial charge on any atom is 0.244 e. The summed E-state index contributed by atoms with van der Waals surface area (Å²) < 4.78 is 15.6. The van der Waals surface area contributed by atoms with Crippen LogP contribution in [0, 0.1) is 12.7 Å². The predicted octanol–water partition coefficient (Wildman–Crippen LogP) is 4.41. The number of hydrogen-bond donors (Lipinski definition) is 0. The highest BCUT2D eigenvalue weighted by atomic mass is 19.1. The number of rotatable bonds is 5. The summed E-state index contributed by atoms with van der Waals surface area (Å²) in [6, 6.07) is 22.7. The molecule has 0 aliphatic carbocycles. The summed E-state index contributed by atoms with van der Waals surface area (Å²) in [6.07, 6.45) is 1.79. The van der Waals surface area contributed by atoms with Gasteiger partial charge >= 0.3 is 0 Å². The zero-order valence-electron chi connectivity index (χ0n) is 19.1. The molecule has 3 heterocycles. The number of aryl methyl sites for hydroxylation is 1. The zero-order chi connectivity index (χ0) is 23.5. The van der Waals surface area contributed by atoms with Crippen molar-refractivity contribution in [3.63, 3.8) is 0 Å². The second kappa shape index (κ2) is 9.47. The molecule has 0 radical (unpaired) electrons. The first-order valence-electron chi connectivity index (χ1n) is 11.4. The van der Waals surface area contributed by atoms with Crippen LogP contribution in [0.3, 0.4) is 0 Å². The van der Waals surface area contributed by atoms with Gasteiger partial charge < -0.3 is 9.80 Å². The fourth-order valence-electron chi connectivity index (χ4n) is 4.28. The summed E-state index contributed by atoms with van der Waals surface area (Å²) in [7, 11) is 0. The summed E-state index contributed by atoms with van der Waals surface area (Å²) in [6.45, 7) is 4.65. The van der Waals surface area contributed by atoms with Crippen molar-refractivity contribution in [1.29, 1.82) is 0 Å². The average molecular weight is 456 g/mol. The van der Waals surface area contributed by atoms with Crippen molar-refractivity contribution in [3.05, 3.63) is 90.4 Å². The van der Waals surface area contributed by atoms with Crippen LogP contribution >= 0.6 is 0 Å². The Morgan fingerprint density at radius 3 is 2.38 bits per heavy atom. The number of aromatic nitrogens is 3. The molecule has 2 aromatic heterocycles. The van der Waals surface area contributed by atoms with Crippen molar-refractivity contribution in [2.75, 3.05) is 31.1 Å². The predicted molar refractivity (Wildman–Crippen MR) is 131 cm³/mol. The third-order valence-electron chi connectivity index (χ3n) is 6.19. The molecule has 6 nitrogen and oxygen atoms in total. The Hall–Kier alpha value is -4.00. The summed E-state index contributed by atoms with van der Waals surface area (Å²) in [5, 5.41) is 4.75. The molecule has 5 rings (SSSR count). The van der Waals surface area contributed by atoms with Gasteiger partial charge in [0.05, 0.1) is 11.4 Å². The van der Waals surface area contributed by atoms with Crippen molar-refractivity contribution in [2.45, 2.75) is 13.5 Å². The molecule has 7 heteroatoms. The molecule has 1 fully saturated rings. The van der Waals surface area contributed by atoms with Crippen LogP contribution in [0.15, 0.2) is 79.0 Å². The minimum atomic E-state index is -0.244. The molecule has 0 spiro atoms. The fourth-order valence-corrected chi connectivity index (χ4v) is 4.28. The number of carbonyl (C=O) groups is 1.